The molecule has 0 saturated carbocycles. The van der Waals surface area contributed by atoms with Crippen LogP contribution in [0, 0.1) is 11.6 Å². The molecule has 22 heavy (non-hydrogen) atoms. The van der Waals surface area contributed by atoms with E-state index in [2.05, 4.69) is 18.4 Å². The van der Waals surface area contributed by atoms with Crippen molar-refractivity contribution in [2.75, 3.05) is 0 Å². The molecule has 0 aliphatic heterocycles. The van der Waals surface area contributed by atoms with Crippen molar-refractivity contribution in [2.45, 2.75) is 26.5 Å². The zero-order chi connectivity index (χ0) is 15.7. The molecule has 0 unspecified atom stereocenters. The lowest BCUT2D eigenvalue weighted by atomic mass is 10.2. The molecule has 2 aromatic carbocycles. The molecule has 0 spiro atoms. The molecule has 0 fully saturated rings. The van der Waals surface area contributed by atoms with Gasteiger partial charge in [0, 0.05) is 28.7 Å². The molecule has 0 aliphatic carbocycles. The molecule has 0 atom stereocenters. The number of nitrogens with zero attached hydrogens (tertiary/aromatic N) is 1. The molecule has 3 aromatic rings. The SMILES string of the molecule is CC(C)n1cc(COc2ccc(F)cc2)c2cc(F)ccc21. The van der Waals surface area contributed by atoms with Gasteiger partial charge in [-0.2, -0.15) is 0 Å². The average molecular weight is 301 g/mol. The molecular formula is C18H17F2NO. The van der Waals surface area contributed by atoms with Crippen LogP contribution >= 0.6 is 0 Å². The summed E-state index contributed by atoms with van der Waals surface area (Å²) < 4.78 is 34.2. The number of fused-ring (bicyclic) bond motifs is 1. The van der Waals surface area contributed by atoms with E-state index < -0.39 is 0 Å². The third kappa shape index (κ3) is 2.82. The molecule has 0 bridgehead atoms. The fraction of sp³-hybridized carbons (Fsp3) is 0.222. The smallest absolute Gasteiger partial charge is 0.123 e. The number of hydrogen-bond acceptors (Lipinski definition) is 1. The van der Waals surface area contributed by atoms with Crippen molar-refractivity contribution in [3.63, 3.8) is 0 Å². The summed E-state index contributed by atoms with van der Waals surface area (Å²) in [5.74, 6) is 0.0196. The summed E-state index contributed by atoms with van der Waals surface area (Å²) >= 11 is 0. The van der Waals surface area contributed by atoms with E-state index in [-0.39, 0.29) is 17.7 Å². The van der Waals surface area contributed by atoms with E-state index in [0.29, 0.717) is 12.4 Å². The zero-order valence-corrected chi connectivity index (χ0v) is 12.5. The lowest BCUT2D eigenvalue weighted by Gasteiger charge is -2.08. The van der Waals surface area contributed by atoms with Crippen LogP contribution in [0.3, 0.4) is 0 Å². The summed E-state index contributed by atoms with van der Waals surface area (Å²) in [7, 11) is 0. The average Bonchev–Trinajstić information content (AvgIpc) is 2.85. The lowest BCUT2D eigenvalue weighted by molar-refractivity contribution is 0.306. The summed E-state index contributed by atoms with van der Waals surface area (Å²) in [6.07, 6.45) is 1.98. The summed E-state index contributed by atoms with van der Waals surface area (Å²) in [5.41, 5.74) is 1.89. The first-order chi connectivity index (χ1) is 10.5. The van der Waals surface area contributed by atoms with Crippen LogP contribution in [0.15, 0.2) is 48.7 Å². The van der Waals surface area contributed by atoms with Gasteiger partial charge in [0.05, 0.1) is 0 Å². The Morgan fingerprint density at radius 2 is 1.68 bits per heavy atom. The Hall–Kier alpha value is -2.36. The quantitative estimate of drug-likeness (QED) is 0.655. The number of hydrogen-bond donors (Lipinski definition) is 0. The highest BCUT2D eigenvalue weighted by molar-refractivity contribution is 5.84. The Bertz CT molecular complexity index is 791. The maximum Gasteiger partial charge on any atom is 0.123 e. The highest BCUT2D eigenvalue weighted by atomic mass is 19.1. The van der Waals surface area contributed by atoms with Crippen molar-refractivity contribution >= 4 is 10.9 Å². The van der Waals surface area contributed by atoms with Gasteiger partial charge in [-0.05, 0) is 56.3 Å². The number of halogens is 2. The van der Waals surface area contributed by atoms with E-state index in [1.54, 1.807) is 18.2 Å². The summed E-state index contributed by atoms with van der Waals surface area (Å²) in [5, 5.41) is 0.843. The maximum absolute atomic E-state index is 13.5. The van der Waals surface area contributed by atoms with E-state index in [9.17, 15) is 8.78 Å². The van der Waals surface area contributed by atoms with Crippen molar-refractivity contribution in [2.24, 2.45) is 0 Å². The van der Waals surface area contributed by atoms with Gasteiger partial charge >= 0.3 is 0 Å². The van der Waals surface area contributed by atoms with E-state index in [1.165, 1.54) is 24.3 Å². The Labute approximate surface area is 127 Å². The number of aromatic nitrogens is 1. The predicted molar refractivity (Wildman–Crippen MR) is 83.0 cm³/mol. The molecule has 1 aromatic heterocycles. The molecule has 0 radical (unpaired) electrons. The van der Waals surface area contributed by atoms with Crippen LogP contribution in [0.1, 0.15) is 25.5 Å². The van der Waals surface area contributed by atoms with Gasteiger partial charge in [-0.1, -0.05) is 0 Å². The fourth-order valence-electron chi connectivity index (χ4n) is 2.53. The second kappa shape index (κ2) is 5.79. The Kier molecular flexibility index (Phi) is 3.84. The number of benzene rings is 2. The highest BCUT2D eigenvalue weighted by Crippen LogP contribution is 2.26. The molecule has 0 aliphatic rings. The van der Waals surface area contributed by atoms with Crippen LogP contribution < -0.4 is 4.74 Å². The predicted octanol–water partition coefficient (Wildman–Crippen LogP) is 5.08. The Morgan fingerprint density at radius 1 is 1.00 bits per heavy atom. The highest BCUT2D eigenvalue weighted by Gasteiger charge is 2.12. The van der Waals surface area contributed by atoms with Crippen LogP contribution in [-0.2, 0) is 6.61 Å². The van der Waals surface area contributed by atoms with Crippen molar-refractivity contribution in [1.82, 2.24) is 4.57 Å². The molecule has 2 nitrogen and oxygen atoms in total. The third-order valence-electron chi connectivity index (χ3n) is 3.64. The number of ether oxygens (including phenoxy) is 1. The minimum absolute atomic E-state index is 0.267. The first-order valence-corrected chi connectivity index (χ1v) is 7.22. The van der Waals surface area contributed by atoms with Crippen LogP contribution in [-0.4, -0.2) is 4.57 Å². The van der Waals surface area contributed by atoms with Crippen LogP contribution in [0.2, 0.25) is 0 Å². The molecule has 114 valence electrons. The largest absolute Gasteiger partial charge is 0.489 e. The minimum Gasteiger partial charge on any atom is -0.489 e. The zero-order valence-electron chi connectivity index (χ0n) is 12.5. The molecule has 0 N–H and O–H groups in total. The van der Waals surface area contributed by atoms with E-state index >= 15 is 0 Å². The second-order valence-corrected chi connectivity index (χ2v) is 5.56. The first kappa shape index (κ1) is 14.6. The monoisotopic (exact) mass is 301 g/mol. The summed E-state index contributed by atoms with van der Waals surface area (Å²) in [6.45, 7) is 4.46. The van der Waals surface area contributed by atoms with Crippen molar-refractivity contribution in [3.05, 3.63) is 65.9 Å². The maximum atomic E-state index is 13.5. The molecule has 0 saturated heterocycles. The molecule has 3 rings (SSSR count). The van der Waals surface area contributed by atoms with Gasteiger partial charge in [0.1, 0.15) is 24.0 Å². The standard InChI is InChI=1S/C18H17F2NO/c1-12(2)21-10-13(17-9-15(20)5-8-18(17)21)11-22-16-6-3-14(19)4-7-16/h3-10,12H,11H2,1-2H3. The Balaban J connectivity index is 1.92. The van der Waals surface area contributed by atoms with Gasteiger partial charge in [0.15, 0.2) is 0 Å². The second-order valence-electron chi connectivity index (χ2n) is 5.56. The lowest BCUT2D eigenvalue weighted by Crippen LogP contribution is -1.98. The van der Waals surface area contributed by atoms with Gasteiger partial charge in [-0.25, -0.2) is 8.78 Å². The summed E-state index contributed by atoms with van der Waals surface area (Å²) in [6, 6.07) is 10.9. The van der Waals surface area contributed by atoms with Crippen LogP contribution in [0.4, 0.5) is 8.78 Å². The van der Waals surface area contributed by atoms with Crippen molar-refractivity contribution < 1.29 is 13.5 Å². The van der Waals surface area contributed by atoms with Crippen molar-refractivity contribution in [1.29, 1.82) is 0 Å². The van der Waals surface area contributed by atoms with E-state index in [1.807, 2.05) is 6.20 Å². The molecule has 4 heteroatoms. The van der Waals surface area contributed by atoms with Gasteiger partial charge in [0.2, 0.25) is 0 Å². The fourth-order valence-corrected chi connectivity index (χ4v) is 2.53. The van der Waals surface area contributed by atoms with Gasteiger partial charge < -0.3 is 9.30 Å². The van der Waals surface area contributed by atoms with Gasteiger partial charge in [-0.15, -0.1) is 0 Å². The van der Waals surface area contributed by atoms with Crippen molar-refractivity contribution in [3.8, 4) is 5.75 Å². The van der Waals surface area contributed by atoms with Crippen LogP contribution in [0.5, 0.6) is 5.75 Å². The van der Waals surface area contributed by atoms with Gasteiger partial charge in [-0.3, -0.25) is 0 Å². The third-order valence-corrected chi connectivity index (χ3v) is 3.64. The van der Waals surface area contributed by atoms with Crippen LogP contribution in [0.25, 0.3) is 10.9 Å². The van der Waals surface area contributed by atoms with Gasteiger partial charge in [0.25, 0.3) is 0 Å². The minimum atomic E-state index is -0.300. The number of rotatable bonds is 4. The Morgan fingerprint density at radius 3 is 2.36 bits per heavy atom. The molecular weight excluding hydrogens is 284 g/mol. The first-order valence-electron chi connectivity index (χ1n) is 7.22. The molecule has 1 heterocycles. The van der Waals surface area contributed by atoms with E-state index in [0.717, 1.165) is 16.5 Å². The topological polar surface area (TPSA) is 14.2 Å². The molecule has 0 amide bonds. The van der Waals surface area contributed by atoms with E-state index in [4.69, 9.17) is 4.74 Å². The summed E-state index contributed by atoms with van der Waals surface area (Å²) in [4.78, 5) is 0. The normalized spacial score (nSPS) is 11.3.